The van der Waals surface area contributed by atoms with Gasteiger partial charge in [-0.3, -0.25) is 0 Å². The maximum Gasteiger partial charge on any atom is 0.126 e. The average molecular weight is 283 g/mol. The summed E-state index contributed by atoms with van der Waals surface area (Å²) in [6, 6.07) is 14.5. The number of benzene rings is 2. The molecule has 1 fully saturated rings. The van der Waals surface area contributed by atoms with Gasteiger partial charge in [0.05, 0.1) is 14.2 Å². The number of hydrogen-bond acceptors (Lipinski definition) is 3. The zero-order valence-electron chi connectivity index (χ0n) is 12.6. The van der Waals surface area contributed by atoms with E-state index in [1.807, 2.05) is 18.2 Å². The summed E-state index contributed by atoms with van der Waals surface area (Å²) in [5.74, 6) is 2.40. The van der Waals surface area contributed by atoms with Crippen LogP contribution in [0.25, 0.3) is 11.1 Å². The van der Waals surface area contributed by atoms with Gasteiger partial charge in [0.15, 0.2) is 0 Å². The first kappa shape index (κ1) is 14.0. The highest BCUT2D eigenvalue weighted by Gasteiger charge is 2.21. The van der Waals surface area contributed by atoms with Gasteiger partial charge in [0.1, 0.15) is 11.5 Å². The van der Waals surface area contributed by atoms with Gasteiger partial charge < -0.3 is 14.8 Å². The van der Waals surface area contributed by atoms with Crippen LogP contribution in [0.1, 0.15) is 17.9 Å². The molecule has 2 aromatic carbocycles. The van der Waals surface area contributed by atoms with Gasteiger partial charge in [-0.2, -0.15) is 0 Å². The molecule has 110 valence electrons. The van der Waals surface area contributed by atoms with Crippen LogP contribution >= 0.6 is 0 Å². The van der Waals surface area contributed by atoms with Crippen LogP contribution in [0.5, 0.6) is 11.5 Å². The lowest BCUT2D eigenvalue weighted by atomic mass is 9.93. The average Bonchev–Trinajstić information content (AvgIpc) is 3.08. The van der Waals surface area contributed by atoms with Gasteiger partial charge in [-0.05, 0) is 42.3 Å². The van der Waals surface area contributed by atoms with E-state index in [0.717, 1.165) is 36.6 Å². The molecule has 3 rings (SSSR count). The largest absolute Gasteiger partial charge is 0.496 e. The SMILES string of the molecule is COc1ccccc1-c1ccc(OC)c(C2CCNC2)c1. The van der Waals surface area contributed by atoms with Crippen LogP contribution in [0.4, 0.5) is 0 Å². The number of hydrogen-bond donors (Lipinski definition) is 1. The van der Waals surface area contributed by atoms with Gasteiger partial charge >= 0.3 is 0 Å². The predicted molar refractivity (Wildman–Crippen MR) is 85.2 cm³/mol. The third-order valence-electron chi connectivity index (χ3n) is 4.15. The number of nitrogens with one attached hydrogen (secondary N) is 1. The molecule has 1 N–H and O–H groups in total. The minimum Gasteiger partial charge on any atom is -0.496 e. The molecule has 21 heavy (non-hydrogen) atoms. The molecule has 3 heteroatoms. The summed E-state index contributed by atoms with van der Waals surface area (Å²) in [6.07, 6.45) is 1.16. The molecule has 1 atom stereocenters. The molecule has 0 amide bonds. The summed E-state index contributed by atoms with van der Waals surface area (Å²) in [5.41, 5.74) is 3.58. The van der Waals surface area contributed by atoms with E-state index < -0.39 is 0 Å². The summed E-state index contributed by atoms with van der Waals surface area (Å²) >= 11 is 0. The minimum atomic E-state index is 0.523. The Bertz CT molecular complexity index is 618. The van der Waals surface area contributed by atoms with Crippen molar-refractivity contribution >= 4 is 0 Å². The Morgan fingerprint density at radius 1 is 1.00 bits per heavy atom. The molecular formula is C18H21NO2. The lowest BCUT2D eigenvalue weighted by molar-refractivity contribution is 0.406. The second-order valence-corrected chi connectivity index (χ2v) is 5.35. The molecule has 0 spiro atoms. The highest BCUT2D eigenvalue weighted by Crippen LogP contribution is 2.37. The summed E-state index contributed by atoms with van der Waals surface area (Å²) < 4.78 is 11.0. The normalized spacial score (nSPS) is 17.7. The van der Waals surface area contributed by atoms with Crippen LogP contribution in [0.2, 0.25) is 0 Å². The Morgan fingerprint density at radius 2 is 1.81 bits per heavy atom. The van der Waals surface area contributed by atoms with Crippen LogP contribution in [0.15, 0.2) is 42.5 Å². The number of rotatable bonds is 4. The Labute approximate surface area is 125 Å². The van der Waals surface area contributed by atoms with Gasteiger partial charge in [0.2, 0.25) is 0 Å². The zero-order chi connectivity index (χ0) is 14.7. The van der Waals surface area contributed by atoms with Crippen LogP contribution in [0, 0.1) is 0 Å². The van der Waals surface area contributed by atoms with Crippen molar-refractivity contribution in [2.75, 3.05) is 27.3 Å². The maximum absolute atomic E-state index is 5.55. The van der Waals surface area contributed by atoms with E-state index in [2.05, 4.69) is 29.6 Å². The maximum atomic E-state index is 5.55. The first-order valence-corrected chi connectivity index (χ1v) is 7.35. The van der Waals surface area contributed by atoms with Crippen molar-refractivity contribution in [3.63, 3.8) is 0 Å². The van der Waals surface area contributed by atoms with E-state index in [1.54, 1.807) is 14.2 Å². The molecule has 1 aliphatic rings. The molecule has 0 aromatic heterocycles. The number of ether oxygens (including phenoxy) is 2. The minimum absolute atomic E-state index is 0.523. The van der Waals surface area contributed by atoms with Crippen molar-refractivity contribution < 1.29 is 9.47 Å². The lowest BCUT2D eigenvalue weighted by Gasteiger charge is -2.16. The predicted octanol–water partition coefficient (Wildman–Crippen LogP) is 3.45. The summed E-state index contributed by atoms with van der Waals surface area (Å²) in [7, 11) is 3.45. The first-order chi connectivity index (χ1) is 10.3. The van der Waals surface area contributed by atoms with Crippen molar-refractivity contribution in [2.24, 2.45) is 0 Å². The van der Waals surface area contributed by atoms with Gasteiger partial charge in [-0.1, -0.05) is 24.3 Å². The van der Waals surface area contributed by atoms with Crippen LogP contribution in [-0.2, 0) is 0 Å². The van der Waals surface area contributed by atoms with Gasteiger partial charge in [0, 0.05) is 18.0 Å². The summed E-state index contributed by atoms with van der Waals surface area (Å²) in [6.45, 7) is 2.10. The third-order valence-corrected chi connectivity index (χ3v) is 4.15. The molecule has 1 unspecified atom stereocenters. The first-order valence-electron chi connectivity index (χ1n) is 7.35. The van der Waals surface area contributed by atoms with Crippen molar-refractivity contribution in [2.45, 2.75) is 12.3 Å². The fourth-order valence-corrected chi connectivity index (χ4v) is 3.02. The molecule has 0 radical (unpaired) electrons. The Hall–Kier alpha value is -2.00. The summed E-state index contributed by atoms with van der Waals surface area (Å²) in [5, 5.41) is 3.42. The second kappa shape index (κ2) is 6.19. The lowest BCUT2D eigenvalue weighted by Crippen LogP contribution is -2.08. The van der Waals surface area contributed by atoms with E-state index >= 15 is 0 Å². The second-order valence-electron chi connectivity index (χ2n) is 5.35. The Balaban J connectivity index is 2.05. The molecule has 3 nitrogen and oxygen atoms in total. The quantitative estimate of drug-likeness (QED) is 0.932. The smallest absolute Gasteiger partial charge is 0.126 e. The monoisotopic (exact) mass is 283 g/mol. The Morgan fingerprint density at radius 3 is 2.52 bits per heavy atom. The van der Waals surface area contributed by atoms with Crippen molar-refractivity contribution in [1.29, 1.82) is 0 Å². The molecule has 0 saturated carbocycles. The molecular weight excluding hydrogens is 262 g/mol. The molecule has 1 heterocycles. The fraction of sp³-hybridized carbons (Fsp3) is 0.333. The molecule has 2 aromatic rings. The van der Waals surface area contributed by atoms with Gasteiger partial charge in [-0.25, -0.2) is 0 Å². The number of para-hydroxylation sites is 1. The zero-order valence-corrected chi connectivity index (χ0v) is 12.6. The molecule has 0 bridgehead atoms. The van der Waals surface area contributed by atoms with Crippen molar-refractivity contribution in [1.82, 2.24) is 5.32 Å². The highest BCUT2D eigenvalue weighted by atomic mass is 16.5. The Kier molecular flexibility index (Phi) is 4.11. The van der Waals surface area contributed by atoms with E-state index in [1.165, 1.54) is 11.1 Å². The van der Waals surface area contributed by atoms with Crippen LogP contribution in [-0.4, -0.2) is 27.3 Å². The topological polar surface area (TPSA) is 30.5 Å². The fourth-order valence-electron chi connectivity index (χ4n) is 3.02. The van der Waals surface area contributed by atoms with Gasteiger partial charge in [0.25, 0.3) is 0 Å². The van der Waals surface area contributed by atoms with Crippen LogP contribution in [0.3, 0.4) is 0 Å². The number of methoxy groups -OCH3 is 2. The van der Waals surface area contributed by atoms with Crippen molar-refractivity contribution in [3.05, 3.63) is 48.0 Å². The van der Waals surface area contributed by atoms with E-state index in [9.17, 15) is 0 Å². The van der Waals surface area contributed by atoms with E-state index in [-0.39, 0.29) is 0 Å². The third kappa shape index (κ3) is 2.74. The molecule has 1 saturated heterocycles. The standard InChI is InChI=1S/C18H21NO2/c1-20-17-6-4-3-5-15(17)13-7-8-18(21-2)16(11-13)14-9-10-19-12-14/h3-8,11,14,19H,9-10,12H2,1-2H3. The highest BCUT2D eigenvalue weighted by molar-refractivity contribution is 5.72. The van der Waals surface area contributed by atoms with E-state index in [4.69, 9.17) is 9.47 Å². The van der Waals surface area contributed by atoms with Gasteiger partial charge in [-0.15, -0.1) is 0 Å². The van der Waals surface area contributed by atoms with E-state index in [0.29, 0.717) is 5.92 Å². The molecule has 1 aliphatic heterocycles. The van der Waals surface area contributed by atoms with Crippen molar-refractivity contribution in [3.8, 4) is 22.6 Å². The molecule has 0 aliphatic carbocycles. The van der Waals surface area contributed by atoms with Crippen LogP contribution < -0.4 is 14.8 Å². The summed E-state index contributed by atoms with van der Waals surface area (Å²) in [4.78, 5) is 0.